The van der Waals surface area contributed by atoms with Gasteiger partial charge in [-0.1, -0.05) is 20.8 Å². The maximum absolute atomic E-state index is 5.54. The van der Waals surface area contributed by atoms with Crippen LogP contribution in [0.2, 0.25) is 0 Å². The Morgan fingerprint density at radius 2 is 2.06 bits per heavy atom. The molecule has 0 bridgehead atoms. The highest BCUT2D eigenvalue weighted by atomic mass is 16.3. The van der Waals surface area contributed by atoms with E-state index in [1.807, 2.05) is 0 Å². The summed E-state index contributed by atoms with van der Waals surface area (Å²) >= 11 is 0. The lowest BCUT2D eigenvalue weighted by molar-refractivity contribution is 0.219. The fraction of sp³-hybridized carbons (Fsp3) is 0.733. The van der Waals surface area contributed by atoms with Gasteiger partial charge in [-0.15, -0.1) is 0 Å². The molecule has 1 rings (SSSR count). The molecule has 0 aliphatic carbocycles. The van der Waals surface area contributed by atoms with E-state index in [1.54, 1.807) is 6.26 Å². The predicted molar refractivity (Wildman–Crippen MR) is 76.5 cm³/mol. The molecule has 0 amide bonds. The first-order valence-electron chi connectivity index (χ1n) is 7.00. The lowest BCUT2D eigenvalue weighted by Crippen LogP contribution is -2.30. The number of nitrogens with zero attached hydrogens (tertiary/aromatic N) is 1. The molecule has 1 aromatic rings. The van der Waals surface area contributed by atoms with Gasteiger partial charge >= 0.3 is 0 Å². The molecule has 3 nitrogen and oxygen atoms in total. The van der Waals surface area contributed by atoms with Gasteiger partial charge in [0, 0.05) is 18.2 Å². The van der Waals surface area contributed by atoms with E-state index in [9.17, 15) is 0 Å². The van der Waals surface area contributed by atoms with Crippen LogP contribution in [0.4, 0.5) is 0 Å². The van der Waals surface area contributed by atoms with E-state index in [2.05, 4.69) is 51.0 Å². The number of nitrogens with one attached hydrogen (secondary N) is 1. The summed E-state index contributed by atoms with van der Waals surface area (Å²) in [5.41, 5.74) is 1.30. The van der Waals surface area contributed by atoms with E-state index >= 15 is 0 Å². The fourth-order valence-corrected chi connectivity index (χ4v) is 2.19. The molecule has 1 unspecified atom stereocenters. The molecular formula is C15H28N2O. The Kier molecular flexibility index (Phi) is 6.44. The van der Waals surface area contributed by atoms with Crippen LogP contribution in [0, 0.1) is 5.92 Å². The molecule has 3 heteroatoms. The summed E-state index contributed by atoms with van der Waals surface area (Å²) in [4.78, 5) is 2.40. The van der Waals surface area contributed by atoms with Crippen LogP contribution in [0.15, 0.2) is 16.7 Å². The van der Waals surface area contributed by atoms with Crippen LogP contribution < -0.4 is 5.32 Å². The third kappa shape index (κ3) is 4.83. The Morgan fingerprint density at radius 1 is 1.33 bits per heavy atom. The minimum atomic E-state index is 0.604. The highest BCUT2D eigenvalue weighted by Gasteiger charge is 2.14. The number of hydrogen-bond acceptors (Lipinski definition) is 3. The molecule has 1 aromatic heterocycles. The van der Waals surface area contributed by atoms with Gasteiger partial charge in [0.05, 0.1) is 12.8 Å². The number of hydrogen-bond donors (Lipinski definition) is 1. The van der Waals surface area contributed by atoms with Crippen molar-refractivity contribution < 1.29 is 4.42 Å². The second-order valence-electron chi connectivity index (χ2n) is 5.54. The van der Waals surface area contributed by atoms with E-state index in [1.165, 1.54) is 12.0 Å². The Balaban J connectivity index is 2.53. The summed E-state index contributed by atoms with van der Waals surface area (Å²) in [7, 11) is 2.19. The van der Waals surface area contributed by atoms with Crippen LogP contribution in [0.1, 0.15) is 45.4 Å². The van der Waals surface area contributed by atoms with Crippen LogP contribution in [-0.2, 0) is 13.1 Å². The molecule has 0 aliphatic heterocycles. The minimum Gasteiger partial charge on any atom is -0.468 e. The summed E-state index contributed by atoms with van der Waals surface area (Å²) in [5, 5.41) is 3.31. The lowest BCUT2D eigenvalue weighted by Gasteiger charge is -2.26. The van der Waals surface area contributed by atoms with E-state index in [0.29, 0.717) is 6.04 Å². The molecule has 1 N–H and O–H groups in total. The average molecular weight is 252 g/mol. The van der Waals surface area contributed by atoms with Crippen molar-refractivity contribution in [1.29, 1.82) is 0 Å². The molecule has 0 saturated heterocycles. The Morgan fingerprint density at radius 3 is 2.67 bits per heavy atom. The first kappa shape index (κ1) is 15.3. The van der Waals surface area contributed by atoms with Gasteiger partial charge < -0.3 is 9.73 Å². The van der Waals surface area contributed by atoms with E-state index in [0.717, 1.165) is 31.3 Å². The van der Waals surface area contributed by atoms with E-state index in [-0.39, 0.29) is 0 Å². The fourth-order valence-electron chi connectivity index (χ4n) is 2.19. The summed E-state index contributed by atoms with van der Waals surface area (Å²) < 4.78 is 5.54. The highest BCUT2D eigenvalue weighted by molar-refractivity contribution is 5.16. The second-order valence-corrected chi connectivity index (χ2v) is 5.54. The molecule has 0 aromatic carbocycles. The Hall–Kier alpha value is -0.800. The normalized spacial score (nSPS) is 13.5. The van der Waals surface area contributed by atoms with Crippen molar-refractivity contribution >= 4 is 0 Å². The zero-order chi connectivity index (χ0) is 13.5. The molecule has 0 saturated carbocycles. The van der Waals surface area contributed by atoms with Gasteiger partial charge in [-0.2, -0.15) is 0 Å². The van der Waals surface area contributed by atoms with Crippen molar-refractivity contribution in [3.05, 3.63) is 23.7 Å². The first-order chi connectivity index (χ1) is 8.54. The monoisotopic (exact) mass is 252 g/mol. The van der Waals surface area contributed by atoms with Crippen molar-refractivity contribution in [1.82, 2.24) is 10.2 Å². The Labute approximate surface area is 112 Å². The molecule has 0 radical (unpaired) electrons. The van der Waals surface area contributed by atoms with Gasteiger partial charge in [0.2, 0.25) is 0 Å². The molecule has 104 valence electrons. The maximum Gasteiger partial charge on any atom is 0.122 e. The maximum atomic E-state index is 5.54. The zero-order valence-corrected chi connectivity index (χ0v) is 12.5. The second kappa shape index (κ2) is 7.59. The van der Waals surface area contributed by atoms with E-state index in [4.69, 9.17) is 4.42 Å². The first-order valence-corrected chi connectivity index (χ1v) is 7.00. The van der Waals surface area contributed by atoms with Gasteiger partial charge in [-0.05, 0) is 38.9 Å². The van der Waals surface area contributed by atoms with Crippen molar-refractivity contribution in [3.63, 3.8) is 0 Å². The molecule has 0 aliphatic rings. The van der Waals surface area contributed by atoms with Gasteiger partial charge in [0.1, 0.15) is 5.76 Å². The molecule has 18 heavy (non-hydrogen) atoms. The molecule has 0 fully saturated rings. The number of rotatable bonds is 8. The lowest BCUT2D eigenvalue weighted by atomic mass is 10.0. The van der Waals surface area contributed by atoms with Crippen molar-refractivity contribution in [2.75, 3.05) is 13.6 Å². The van der Waals surface area contributed by atoms with Crippen LogP contribution in [-0.4, -0.2) is 24.5 Å². The summed E-state index contributed by atoms with van der Waals surface area (Å²) in [6.45, 7) is 11.7. The van der Waals surface area contributed by atoms with Crippen molar-refractivity contribution in [2.45, 2.75) is 53.2 Å². The number of furan rings is 1. The molecule has 0 spiro atoms. The standard InChI is InChI=1S/C15H28N2O/c1-6-16-10-15-14(7-8-18-15)11-17(5)13(4)9-12(2)3/h7-8,12-13,16H,6,9-11H2,1-5H3. The zero-order valence-electron chi connectivity index (χ0n) is 12.5. The largest absolute Gasteiger partial charge is 0.468 e. The smallest absolute Gasteiger partial charge is 0.122 e. The van der Waals surface area contributed by atoms with Gasteiger partial charge in [0.15, 0.2) is 0 Å². The SMILES string of the molecule is CCNCc1occc1CN(C)C(C)CC(C)C. The summed E-state index contributed by atoms with van der Waals surface area (Å²) in [6, 6.07) is 2.69. The summed E-state index contributed by atoms with van der Waals surface area (Å²) in [5.74, 6) is 1.81. The Bertz CT molecular complexity index is 333. The average Bonchev–Trinajstić information content (AvgIpc) is 2.72. The predicted octanol–water partition coefficient (Wildman–Crippen LogP) is 3.26. The van der Waals surface area contributed by atoms with Gasteiger partial charge in [0.25, 0.3) is 0 Å². The minimum absolute atomic E-state index is 0.604. The van der Waals surface area contributed by atoms with Crippen LogP contribution in [0.25, 0.3) is 0 Å². The molecule has 1 atom stereocenters. The topological polar surface area (TPSA) is 28.4 Å². The van der Waals surface area contributed by atoms with Crippen LogP contribution in [0.3, 0.4) is 0 Å². The van der Waals surface area contributed by atoms with Crippen molar-refractivity contribution in [3.8, 4) is 0 Å². The third-order valence-electron chi connectivity index (χ3n) is 3.36. The van der Waals surface area contributed by atoms with Crippen molar-refractivity contribution in [2.24, 2.45) is 5.92 Å². The molecule has 1 heterocycles. The van der Waals surface area contributed by atoms with E-state index < -0.39 is 0 Å². The van der Waals surface area contributed by atoms with Gasteiger partial charge in [-0.25, -0.2) is 0 Å². The molecular weight excluding hydrogens is 224 g/mol. The van der Waals surface area contributed by atoms with Crippen LogP contribution >= 0.6 is 0 Å². The quantitative estimate of drug-likeness (QED) is 0.770. The third-order valence-corrected chi connectivity index (χ3v) is 3.36. The highest BCUT2D eigenvalue weighted by Crippen LogP contribution is 2.16. The van der Waals surface area contributed by atoms with Crippen LogP contribution in [0.5, 0.6) is 0 Å². The van der Waals surface area contributed by atoms with Gasteiger partial charge in [-0.3, -0.25) is 4.90 Å². The summed E-state index contributed by atoms with van der Waals surface area (Å²) in [6.07, 6.45) is 3.03.